The highest BCUT2D eigenvalue weighted by Gasteiger charge is 2.11. The molecule has 1 aromatic rings. The highest BCUT2D eigenvalue weighted by molar-refractivity contribution is 7.89. The molecule has 1 aromatic carbocycles. The van der Waals surface area contributed by atoms with Crippen LogP contribution >= 0.6 is 0 Å². The Morgan fingerprint density at radius 3 is 2.40 bits per heavy atom. The average Bonchev–Trinajstić information content (AvgIpc) is 2.38. The monoisotopic (exact) mass is 299 g/mol. The number of amides is 1. The van der Waals surface area contributed by atoms with Gasteiger partial charge >= 0.3 is 0 Å². The molecule has 0 saturated carbocycles. The van der Waals surface area contributed by atoms with Gasteiger partial charge in [0.15, 0.2) is 0 Å². The molecule has 7 heteroatoms. The summed E-state index contributed by atoms with van der Waals surface area (Å²) in [6.45, 7) is 2.65. The molecule has 0 heterocycles. The van der Waals surface area contributed by atoms with Crippen LogP contribution in [0.4, 0.5) is 0 Å². The second-order valence-corrected chi connectivity index (χ2v) is 6.17. The van der Waals surface area contributed by atoms with Gasteiger partial charge in [0.05, 0.1) is 10.9 Å². The smallest absolute Gasteiger partial charge is 0.238 e. The van der Waals surface area contributed by atoms with Crippen LogP contribution < -0.4 is 15.8 Å². The van der Waals surface area contributed by atoms with Gasteiger partial charge in [-0.2, -0.15) is 0 Å². The Balaban J connectivity index is 2.60. The van der Waals surface area contributed by atoms with Crippen molar-refractivity contribution in [3.05, 3.63) is 29.8 Å². The van der Waals surface area contributed by atoms with Crippen molar-refractivity contribution in [2.24, 2.45) is 5.14 Å². The maximum atomic E-state index is 11.7. The number of nitrogens with two attached hydrogens (primary N) is 1. The van der Waals surface area contributed by atoms with Gasteiger partial charge in [-0.3, -0.25) is 4.79 Å². The lowest BCUT2D eigenvalue weighted by atomic mass is 10.1. The molecule has 1 amide bonds. The summed E-state index contributed by atoms with van der Waals surface area (Å²) in [4.78, 5) is 11.7. The number of primary sulfonamides is 1. The van der Waals surface area contributed by atoms with Crippen LogP contribution in [0.1, 0.15) is 31.4 Å². The Bertz CT molecular complexity index is 540. The molecule has 0 aliphatic heterocycles. The maximum Gasteiger partial charge on any atom is 0.238 e. The fourth-order valence-electron chi connectivity index (χ4n) is 1.77. The number of sulfonamides is 1. The molecule has 0 radical (unpaired) electrons. The van der Waals surface area contributed by atoms with Crippen molar-refractivity contribution in [1.82, 2.24) is 10.6 Å². The second-order valence-electron chi connectivity index (χ2n) is 4.61. The predicted octanol–water partition coefficient (Wildman–Crippen LogP) is 0.511. The molecule has 0 aromatic heterocycles. The summed E-state index contributed by atoms with van der Waals surface area (Å²) >= 11 is 0. The van der Waals surface area contributed by atoms with Crippen LogP contribution in [0.25, 0.3) is 0 Å². The Morgan fingerprint density at radius 1 is 1.30 bits per heavy atom. The zero-order valence-electron chi connectivity index (χ0n) is 11.7. The van der Waals surface area contributed by atoms with Crippen molar-refractivity contribution < 1.29 is 13.2 Å². The summed E-state index contributed by atoms with van der Waals surface area (Å²) in [6, 6.07) is 6.01. The molecule has 4 N–H and O–H groups in total. The number of carbonyl (C=O) groups is 1. The quantitative estimate of drug-likeness (QED) is 0.638. The first-order valence-electron chi connectivity index (χ1n) is 6.41. The van der Waals surface area contributed by atoms with E-state index in [9.17, 15) is 13.2 Å². The van der Waals surface area contributed by atoms with E-state index in [0.29, 0.717) is 6.42 Å². The summed E-state index contributed by atoms with van der Waals surface area (Å²) in [5.41, 5.74) is 0.833. The van der Waals surface area contributed by atoms with E-state index in [1.807, 2.05) is 14.0 Å². The van der Waals surface area contributed by atoms with Crippen molar-refractivity contribution in [3.63, 3.8) is 0 Å². The molecule has 1 rings (SSSR count). The van der Waals surface area contributed by atoms with E-state index in [2.05, 4.69) is 10.6 Å². The van der Waals surface area contributed by atoms with Crippen molar-refractivity contribution in [2.45, 2.75) is 30.7 Å². The minimum atomic E-state index is -3.68. The van der Waals surface area contributed by atoms with Crippen molar-refractivity contribution in [2.75, 3.05) is 13.6 Å². The first-order chi connectivity index (χ1) is 9.34. The van der Waals surface area contributed by atoms with E-state index in [1.54, 1.807) is 12.1 Å². The van der Waals surface area contributed by atoms with Crippen molar-refractivity contribution in [3.8, 4) is 0 Å². The first-order valence-corrected chi connectivity index (χ1v) is 7.96. The third-order valence-electron chi connectivity index (χ3n) is 2.92. The maximum absolute atomic E-state index is 11.7. The average molecular weight is 299 g/mol. The molecule has 0 bridgehead atoms. The minimum absolute atomic E-state index is 0.0247. The van der Waals surface area contributed by atoms with Gasteiger partial charge in [0.25, 0.3) is 0 Å². The Labute approximate surface area is 119 Å². The van der Waals surface area contributed by atoms with Crippen LogP contribution in [0.2, 0.25) is 0 Å². The summed E-state index contributed by atoms with van der Waals surface area (Å²) in [5.74, 6) is -0.0247. The summed E-state index contributed by atoms with van der Waals surface area (Å²) < 4.78 is 22.3. The highest BCUT2D eigenvalue weighted by atomic mass is 32.2. The van der Waals surface area contributed by atoms with Crippen LogP contribution in [-0.2, 0) is 14.8 Å². The van der Waals surface area contributed by atoms with Gasteiger partial charge in [-0.15, -0.1) is 0 Å². The summed E-state index contributed by atoms with van der Waals surface area (Å²) in [5, 5.41) is 10.9. The van der Waals surface area contributed by atoms with Crippen LogP contribution in [0.5, 0.6) is 0 Å². The molecule has 6 nitrogen and oxygen atoms in total. The predicted molar refractivity (Wildman–Crippen MR) is 77.5 cm³/mol. The number of benzene rings is 1. The van der Waals surface area contributed by atoms with Gasteiger partial charge in [-0.05, 0) is 44.6 Å². The number of hydrogen-bond donors (Lipinski definition) is 3. The molecule has 0 aliphatic carbocycles. The molecular formula is C13H21N3O3S. The van der Waals surface area contributed by atoms with E-state index >= 15 is 0 Å². The second kappa shape index (κ2) is 7.37. The molecule has 1 atom stereocenters. The van der Waals surface area contributed by atoms with Gasteiger partial charge in [0.2, 0.25) is 15.9 Å². The first kappa shape index (κ1) is 16.6. The zero-order valence-corrected chi connectivity index (χ0v) is 12.5. The van der Waals surface area contributed by atoms with Gasteiger partial charge in [0, 0.05) is 6.42 Å². The Kier molecular flexibility index (Phi) is 6.12. The fraction of sp³-hybridized carbons (Fsp3) is 0.462. The number of carbonyl (C=O) groups excluding carboxylic acids is 1. The number of nitrogens with one attached hydrogen (secondary N) is 2. The Hall–Kier alpha value is -1.44. The van der Waals surface area contributed by atoms with Crippen LogP contribution in [-0.4, -0.2) is 27.9 Å². The molecule has 112 valence electrons. The number of rotatable bonds is 7. The zero-order chi connectivity index (χ0) is 15.2. The van der Waals surface area contributed by atoms with Crippen molar-refractivity contribution in [1.29, 1.82) is 0 Å². The Morgan fingerprint density at radius 2 is 1.90 bits per heavy atom. The van der Waals surface area contributed by atoms with Gasteiger partial charge < -0.3 is 10.6 Å². The SMILES string of the molecule is CNCCCC(=O)NC(C)c1ccc(S(N)(=O)=O)cc1. The van der Waals surface area contributed by atoms with E-state index < -0.39 is 10.0 Å². The van der Waals surface area contributed by atoms with Crippen LogP contribution in [0.3, 0.4) is 0 Å². The molecule has 0 saturated heterocycles. The third kappa shape index (κ3) is 5.28. The molecule has 20 heavy (non-hydrogen) atoms. The highest BCUT2D eigenvalue weighted by Crippen LogP contribution is 2.15. The topological polar surface area (TPSA) is 101 Å². The molecule has 0 spiro atoms. The third-order valence-corrected chi connectivity index (χ3v) is 3.85. The molecular weight excluding hydrogens is 278 g/mol. The lowest BCUT2D eigenvalue weighted by molar-refractivity contribution is -0.121. The fourth-order valence-corrected chi connectivity index (χ4v) is 2.28. The van der Waals surface area contributed by atoms with Gasteiger partial charge in [-0.1, -0.05) is 12.1 Å². The minimum Gasteiger partial charge on any atom is -0.350 e. The van der Waals surface area contributed by atoms with Gasteiger partial charge in [0.1, 0.15) is 0 Å². The van der Waals surface area contributed by atoms with E-state index in [-0.39, 0.29) is 16.8 Å². The molecule has 0 aliphatic rings. The normalized spacial score (nSPS) is 12.9. The number of hydrogen-bond acceptors (Lipinski definition) is 4. The molecule has 1 unspecified atom stereocenters. The van der Waals surface area contributed by atoms with Crippen LogP contribution in [0, 0.1) is 0 Å². The van der Waals surface area contributed by atoms with Crippen LogP contribution in [0.15, 0.2) is 29.2 Å². The van der Waals surface area contributed by atoms with Gasteiger partial charge in [-0.25, -0.2) is 13.6 Å². The standard InChI is InChI=1S/C13H21N3O3S/c1-10(16-13(17)4-3-9-15-2)11-5-7-12(8-6-11)20(14,18)19/h5-8,10,15H,3-4,9H2,1-2H3,(H,16,17)(H2,14,18,19). The van der Waals surface area contributed by atoms with E-state index in [4.69, 9.17) is 5.14 Å². The summed E-state index contributed by atoms with van der Waals surface area (Å²) in [7, 11) is -1.84. The summed E-state index contributed by atoms with van der Waals surface area (Å²) in [6.07, 6.45) is 1.24. The largest absolute Gasteiger partial charge is 0.350 e. The van der Waals surface area contributed by atoms with Crippen molar-refractivity contribution >= 4 is 15.9 Å². The lowest BCUT2D eigenvalue weighted by Gasteiger charge is -2.14. The lowest BCUT2D eigenvalue weighted by Crippen LogP contribution is -2.27. The van der Waals surface area contributed by atoms with E-state index in [0.717, 1.165) is 18.5 Å². The van der Waals surface area contributed by atoms with E-state index in [1.165, 1.54) is 12.1 Å². The molecule has 0 fully saturated rings.